The fraction of sp³-hybridized carbons (Fsp3) is 0.143. The predicted molar refractivity (Wildman–Crippen MR) is 95.4 cm³/mol. The summed E-state index contributed by atoms with van der Waals surface area (Å²) in [6.45, 7) is 1.27. The van der Waals surface area contributed by atoms with Crippen molar-refractivity contribution in [2.24, 2.45) is 5.73 Å². The summed E-state index contributed by atoms with van der Waals surface area (Å²) < 4.78 is 5.83. The van der Waals surface area contributed by atoms with Crippen molar-refractivity contribution in [1.82, 2.24) is 0 Å². The zero-order chi connectivity index (χ0) is 15.9. The van der Waals surface area contributed by atoms with E-state index in [0.717, 1.165) is 12.2 Å². The summed E-state index contributed by atoms with van der Waals surface area (Å²) in [5, 5.41) is 0. The van der Waals surface area contributed by atoms with Gasteiger partial charge in [-0.25, -0.2) is 0 Å². The SMILES string of the molecule is NCCc1cccc(-c2ccc(OCc3ccccc3)cc2)c1. The summed E-state index contributed by atoms with van der Waals surface area (Å²) >= 11 is 0. The van der Waals surface area contributed by atoms with Gasteiger partial charge in [0.1, 0.15) is 12.4 Å². The minimum Gasteiger partial charge on any atom is -0.489 e. The first kappa shape index (κ1) is 15.3. The van der Waals surface area contributed by atoms with Gasteiger partial charge in [0.05, 0.1) is 0 Å². The first-order valence-electron chi connectivity index (χ1n) is 7.91. The normalized spacial score (nSPS) is 10.5. The minimum atomic E-state index is 0.589. The van der Waals surface area contributed by atoms with Crippen molar-refractivity contribution in [2.45, 2.75) is 13.0 Å². The van der Waals surface area contributed by atoms with Gasteiger partial charge in [-0.1, -0.05) is 66.7 Å². The van der Waals surface area contributed by atoms with Gasteiger partial charge in [-0.3, -0.25) is 0 Å². The van der Waals surface area contributed by atoms with Crippen LogP contribution in [-0.2, 0) is 13.0 Å². The lowest BCUT2D eigenvalue weighted by molar-refractivity contribution is 0.306. The van der Waals surface area contributed by atoms with Crippen LogP contribution in [0.2, 0.25) is 0 Å². The quantitative estimate of drug-likeness (QED) is 0.731. The summed E-state index contributed by atoms with van der Waals surface area (Å²) in [6, 6.07) is 27.0. The van der Waals surface area contributed by atoms with Crippen LogP contribution in [0.15, 0.2) is 78.9 Å². The first-order chi connectivity index (χ1) is 11.3. The lowest BCUT2D eigenvalue weighted by Gasteiger charge is -2.08. The molecule has 0 amide bonds. The molecule has 0 unspecified atom stereocenters. The number of nitrogens with two attached hydrogens (primary N) is 1. The maximum absolute atomic E-state index is 5.83. The van der Waals surface area contributed by atoms with Gasteiger partial charge in [0, 0.05) is 0 Å². The van der Waals surface area contributed by atoms with E-state index in [9.17, 15) is 0 Å². The number of hydrogen-bond donors (Lipinski definition) is 1. The van der Waals surface area contributed by atoms with E-state index in [-0.39, 0.29) is 0 Å². The van der Waals surface area contributed by atoms with E-state index in [1.807, 2.05) is 30.3 Å². The third-order valence-corrected chi connectivity index (χ3v) is 3.80. The second kappa shape index (κ2) is 7.61. The number of ether oxygens (including phenoxy) is 1. The highest BCUT2D eigenvalue weighted by molar-refractivity contribution is 5.64. The maximum Gasteiger partial charge on any atom is 0.119 e. The van der Waals surface area contributed by atoms with Crippen LogP contribution in [0, 0.1) is 0 Å². The van der Waals surface area contributed by atoms with Gasteiger partial charge < -0.3 is 10.5 Å². The van der Waals surface area contributed by atoms with Crippen molar-refractivity contribution < 1.29 is 4.74 Å². The summed E-state index contributed by atoms with van der Waals surface area (Å²) in [5.74, 6) is 0.885. The molecular weight excluding hydrogens is 282 g/mol. The van der Waals surface area contributed by atoms with Gasteiger partial charge in [-0.05, 0) is 47.4 Å². The topological polar surface area (TPSA) is 35.2 Å². The maximum atomic E-state index is 5.83. The molecule has 0 spiro atoms. The molecule has 2 nitrogen and oxygen atoms in total. The molecule has 23 heavy (non-hydrogen) atoms. The lowest BCUT2D eigenvalue weighted by Crippen LogP contribution is -2.02. The lowest BCUT2D eigenvalue weighted by atomic mass is 10.0. The second-order valence-electron chi connectivity index (χ2n) is 5.54. The zero-order valence-electron chi connectivity index (χ0n) is 13.1. The van der Waals surface area contributed by atoms with Crippen molar-refractivity contribution >= 4 is 0 Å². The van der Waals surface area contributed by atoms with Gasteiger partial charge >= 0.3 is 0 Å². The van der Waals surface area contributed by atoms with E-state index in [1.54, 1.807) is 0 Å². The molecule has 0 radical (unpaired) electrons. The highest BCUT2D eigenvalue weighted by Crippen LogP contribution is 2.24. The van der Waals surface area contributed by atoms with Gasteiger partial charge in [0.15, 0.2) is 0 Å². The highest BCUT2D eigenvalue weighted by atomic mass is 16.5. The molecule has 0 aromatic heterocycles. The Balaban J connectivity index is 1.68. The van der Waals surface area contributed by atoms with Crippen molar-refractivity contribution in [3.8, 4) is 16.9 Å². The monoisotopic (exact) mass is 303 g/mol. The predicted octanol–water partition coefficient (Wildman–Crippen LogP) is 4.43. The van der Waals surface area contributed by atoms with Crippen molar-refractivity contribution in [1.29, 1.82) is 0 Å². The van der Waals surface area contributed by atoms with Crippen LogP contribution in [0.1, 0.15) is 11.1 Å². The average molecular weight is 303 g/mol. The van der Waals surface area contributed by atoms with Crippen LogP contribution in [-0.4, -0.2) is 6.54 Å². The Hall–Kier alpha value is -2.58. The Bertz CT molecular complexity index is 735. The molecule has 3 aromatic rings. The van der Waals surface area contributed by atoms with Crippen LogP contribution >= 0.6 is 0 Å². The van der Waals surface area contributed by atoms with Gasteiger partial charge in [-0.15, -0.1) is 0 Å². The molecule has 0 aliphatic rings. The van der Waals surface area contributed by atoms with Crippen LogP contribution in [0.4, 0.5) is 0 Å². The largest absolute Gasteiger partial charge is 0.489 e. The first-order valence-corrected chi connectivity index (χ1v) is 7.91. The Morgan fingerprint density at radius 2 is 1.43 bits per heavy atom. The Labute approximate surface area is 137 Å². The molecule has 0 saturated carbocycles. The van der Waals surface area contributed by atoms with Crippen molar-refractivity contribution in [3.63, 3.8) is 0 Å². The Morgan fingerprint density at radius 1 is 0.696 bits per heavy atom. The summed E-state index contributed by atoms with van der Waals surface area (Å²) in [5.41, 5.74) is 10.5. The highest BCUT2D eigenvalue weighted by Gasteiger charge is 2.01. The number of benzene rings is 3. The van der Waals surface area contributed by atoms with E-state index in [4.69, 9.17) is 10.5 Å². The van der Waals surface area contributed by atoms with E-state index in [1.165, 1.54) is 22.3 Å². The minimum absolute atomic E-state index is 0.589. The molecular formula is C21H21NO. The van der Waals surface area contributed by atoms with E-state index in [2.05, 4.69) is 48.5 Å². The van der Waals surface area contributed by atoms with E-state index >= 15 is 0 Å². The van der Waals surface area contributed by atoms with E-state index in [0.29, 0.717) is 13.2 Å². The fourth-order valence-electron chi connectivity index (χ4n) is 2.56. The van der Waals surface area contributed by atoms with Crippen LogP contribution < -0.4 is 10.5 Å². The van der Waals surface area contributed by atoms with Gasteiger partial charge in [-0.2, -0.15) is 0 Å². The molecule has 3 rings (SSSR count). The molecule has 116 valence electrons. The fourth-order valence-corrected chi connectivity index (χ4v) is 2.56. The Morgan fingerprint density at radius 3 is 2.17 bits per heavy atom. The summed E-state index contributed by atoms with van der Waals surface area (Å²) in [6.07, 6.45) is 0.909. The third-order valence-electron chi connectivity index (χ3n) is 3.80. The third kappa shape index (κ3) is 4.21. The average Bonchev–Trinajstić information content (AvgIpc) is 2.62. The molecule has 2 heteroatoms. The van der Waals surface area contributed by atoms with Gasteiger partial charge in [0.25, 0.3) is 0 Å². The molecule has 3 aromatic carbocycles. The van der Waals surface area contributed by atoms with Crippen LogP contribution in [0.25, 0.3) is 11.1 Å². The molecule has 0 heterocycles. The molecule has 0 aliphatic heterocycles. The molecule has 0 bridgehead atoms. The zero-order valence-corrected chi connectivity index (χ0v) is 13.1. The number of rotatable bonds is 6. The summed E-state index contributed by atoms with van der Waals surface area (Å²) in [7, 11) is 0. The molecule has 2 N–H and O–H groups in total. The van der Waals surface area contributed by atoms with Crippen LogP contribution in [0.5, 0.6) is 5.75 Å². The molecule has 0 saturated heterocycles. The van der Waals surface area contributed by atoms with E-state index < -0.39 is 0 Å². The molecule has 0 aliphatic carbocycles. The van der Waals surface area contributed by atoms with Crippen molar-refractivity contribution in [3.05, 3.63) is 90.0 Å². The van der Waals surface area contributed by atoms with Crippen molar-refractivity contribution in [2.75, 3.05) is 6.54 Å². The Kier molecular flexibility index (Phi) is 5.07. The van der Waals surface area contributed by atoms with Crippen LogP contribution in [0.3, 0.4) is 0 Å². The van der Waals surface area contributed by atoms with Gasteiger partial charge in [0.2, 0.25) is 0 Å². The standard InChI is InChI=1S/C21H21NO/c22-14-13-17-7-4-8-20(15-17)19-9-11-21(12-10-19)23-16-18-5-2-1-3-6-18/h1-12,15H,13-14,16,22H2. The molecule has 0 atom stereocenters. The smallest absolute Gasteiger partial charge is 0.119 e. The summed E-state index contributed by atoms with van der Waals surface area (Å²) in [4.78, 5) is 0. The second-order valence-corrected chi connectivity index (χ2v) is 5.54. The molecule has 0 fully saturated rings. The number of hydrogen-bond acceptors (Lipinski definition) is 2.